The number of hydrogen-bond donors (Lipinski definition) is 1. The van der Waals surface area contributed by atoms with Gasteiger partial charge in [0.15, 0.2) is 18.2 Å². The van der Waals surface area contributed by atoms with Crippen molar-refractivity contribution in [2.75, 3.05) is 0 Å². The number of nitro benzene ring substituents is 1. The Morgan fingerprint density at radius 3 is 2.95 bits per heavy atom. The van der Waals surface area contributed by atoms with Crippen LogP contribution in [0.3, 0.4) is 0 Å². The van der Waals surface area contributed by atoms with E-state index in [0.717, 1.165) is 12.8 Å². The van der Waals surface area contributed by atoms with Crippen LogP contribution in [0.15, 0.2) is 22.7 Å². The Kier molecular flexibility index (Phi) is 3.53. The topological polar surface area (TPSA) is 117 Å². The van der Waals surface area contributed by atoms with Crippen LogP contribution in [0.25, 0.3) is 0 Å². The van der Waals surface area contributed by atoms with Crippen molar-refractivity contribution >= 4 is 5.69 Å². The number of nitrogens with two attached hydrogens (primary N) is 1. The predicted octanol–water partition coefficient (Wildman–Crippen LogP) is 1.89. The summed E-state index contributed by atoms with van der Waals surface area (Å²) in [6, 6.07) is 4.61. The summed E-state index contributed by atoms with van der Waals surface area (Å²) in [5, 5.41) is 14.9. The molecule has 1 heterocycles. The average Bonchev–Trinajstić information content (AvgIpc) is 3.24. The lowest BCUT2D eigenvalue weighted by Crippen LogP contribution is -2.02. The molecule has 0 saturated heterocycles. The Balaban J connectivity index is 1.72. The SMILES string of the molecule is NCc1ccc(OCc2nc(C3CC3)no2)c([N+](=O)[O-])c1. The summed E-state index contributed by atoms with van der Waals surface area (Å²) < 4.78 is 10.5. The number of rotatable bonds is 6. The van der Waals surface area contributed by atoms with Gasteiger partial charge in [-0.25, -0.2) is 0 Å². The highest BCUT2D eigenvalue weighted by Gasteiger charge is 2.29. The second-order valence-corrected chi connectivity index (χ2v) is 4.87. The molecule has 2 aromatic rings. The van der Waals surface area contributed by atoms with Gasteiger partial charge in [-0.15, -0.1) is 0 Å². The monoisotopic (exact) mass is 290 g/mol. The summed E-state index contributed by atoms with van der Waals surface area (Å²) in [5.74, 6) is 1.54. The second-order valence-electron chi connectivity index (χ2n) is 4.87. The molecule has 1 saturated carbocycles. The quantitative estimate of drug-likeness (QED) is 0.637. The molecule has 110 valence electrons. The summed E-state index contributed by atoms with van der Waals surface area (Å²) in [5.41, 5.74) is 6.02. The highest BCUT2D eigenvalue weighted by Crippen LogP contribution is 2.38. The van der Waals surface area contributed by atoms with Crippen LogP contribution < -0.4 is 10.5 Å². The Morgan fingerprint density at radius 2 is 2.29 bits per heavy atom. The van der Waals surface area contributed by atoms with E-state index in [4.69, 9.17) is 15.0 Å². The molecule has 1 aliphatic carbocycles. The molecule has 0 radical (unpaired) electrons. The van der Waals surface area contributed by atoms with Gasteiger partial charge in [0.05, 0.1) is 4.92 Å². The van der Waals surface area contributed by atoms with Gasteiger partial charge < -0.3 is 15.0 Å². The van der Waals surface area contributed by atoms with Crippen LogP contribution in [0.2, 0.25) is 0 Å². The highest BCUT2D eigenvalue weighted by molar-refractivity contribution is 5.48. The van der Waals surface area contributed by atoms with Crippen LogP contribution in [-0.2, 0) is 13.2 Å². The van der Waals surface area contributed by atoms with E-state index in [1.165, 1.54) is 12.1 Å². The number of aromatic nitrogens is 2. The van der Waals surface area contributed by atoms with Crippen LogP contribution in [0.5, 0.6) is 5.75 Å². The predicted molar refractivity (Wildman–Crippen MR) is 71.6 cm³/mol. The van der Waals surface area contributed by atoms with E-state index in [0.29, 0.717) is 23.2 Å². The van der Waals surface area contributed by atoms with Gasteiger partial charge in [-0.1, -0.05) is 11.2 Å². The van der Waals surface area contributed by atoms with Gasteiger partial charge >= 0.3 is 5.69 Å². The third-order valence-corrected chi connectivity index (χ3v) is 3.23. The first-order chi connectivity index (χ1) is 10.2. The van der Waals surface area contributed by atoms with E-state index in [-0.39, 0.29) is 24.6 Å². The lowest BCUT2D eigenvalue weighted by Gasteiger charge is -2.05. The van der Waals surface area contributed by atoms with Crippen molar-refractivity contribution in [3.05, 3.63) is 45.6 Å². The maximum absolute atomic E-state index is 11.0. The van der Waals surface area contributed by atoms with E-state index in [2.05, 4.69) is 10.1 Å². The maximum Gasteiger partial charge on any atom is 0.311 e. The maximum atomic E-state index is 11.0. The summed E-state index contributed by atoms with van der Waals surface area (Å²) in [4.78, 5) is 14.7. The average molecular weight is 290 g/mol. The van der Waals surface area contributed by atoms with E-state index >= 15 is 0 Å². The third-order valence-electron chi connectivity index (χ3n) is 3.23. The number of hydrogen-bond acceptors (Lipinski definition) is 7. The Labute approximate surface area is 120 Å². The first-order valence-electron chi connectivity index (χ1n) is 6.60. The van der Waals surface area contributed by atoms with Crippen molar-refractivity contribution in [1.29, 1.82) is 0 Å². The van der Waals surface area contributed by atoms with E-state index < -0.39 is 4.92 Å². The van der Waals surface area contributed by atoms with Gasteiger partial charge in [0.2, 0.25) is 0 Å². The van der Waals surface area contributed by atoms with Crippen molar-refractivity contribution < 1.29 is 14.2 Å². The fourth-order valence-electron chi connectivity index (χ4n) is 1.93. The van der Waals surface area contributed by atoms with E-state index in [9.17, 15) is 10.1 Å². The van der Waals surface area contributed by atoms with Crippen LogP contribution in [-0.4, -0.2) is 15.1 Å². The van der Waals surface area contributed by atoms with Gasteiger partial charge in [0.1, 0.15) is 0 Å². The van der Waals surface area contributed by atoms with Gasteiger partial charge in [-0.05, 0) is 24.5 Å². The number of ether oxygens (including phenoxy) is 1. The lowest BCUT2D eigenvalue weighted by molar-refractivity contribution is -0.386. The molecule has 21 heavy (non-hydrogen) atoms. The minimum absolute atomic E-state index is 0.00251. The van der Waals surface area contributed by atoms with Crippen molar-refractivity contribution in [3.63, 3.8) is 0 Å². The highest BCUT2D eigenvalue weighted by atomic mass is 16.6. The molecule has 1 aliphatic rings. The summed E-state index contributed by atoms with van der Waals surface area (Å²) in [6.45, 7) is 0.234. The molecule has 2 N–H and O–H groups in total. The van der Waals surface area contributed by atoms with Crippen molar-refractivity contribution in [1.82, 2.24) is 10.1 Å². The molecule has 0 atom stereocenters. The molecular formula is C13H14N4O4. The molecule has 8 heteroatoms. The Hall–Kier alpha value is -2.48. The zero-order chi connectivity index (χ0) is 14.8. The molecular weight excluding hydrogens is 276 g/mol. The molecule has 0 bridgehead atoms. The molecule has 0 amide bonds. The van der Waals surface area contributed by atoms with Gasteiger partial charge in [-0.2, -0.15) is 4.98 Å². The van der Waals surface area contributed by atoms with E-state index in [1.807, 2.05) is 0 Å². The summed E-state index contributed by atoms with van der Waals surface area (Å²) in [7, 11) is 0. The molecule has 0 spiro atoms. The van der Waals surface area contributed by atoms with Crippen LogP contribution >= 0.6 is 0 Å². The fourth-order valence-corrected chi connectivity index (χ4v) is 1.93. The third kappa shape index (κ3) is 3.00. The number of benzene rings is 1. The molecule has 1 fully saturated rings. The molecule has 1 aromatic carbocycles. The molecule has 1 aromatic heterocycles. The van der Waals surface area contributed by atoms with Gasteiger partial charge in [0, 0.05) is 18.5 Å². The summed E-state index contributed by atoms with van der Waals surface area (Å²) in [6.07, 6.45) is 2.15. The minimum atomic E-state index is -0.502. The normalized spacial score (nSPS) is 14.1. The van der Waals surface area contributed by atoms with Crippen LogP contribution in [0.1, 0.15) is 36.0 Å². The fraction of sp³-hybridized carbons (Fsp3) is 0.385. The zero-order valence-electron chi connectivity index (χ0n) is 11.2. The summed E-state index contributed by atoms with van der Waals surface area (Å²) >= 11 is 0. The van der Waals surface area contributed by atoms with Gasteiger partial charge in [0.25, 0.3) is 5.89 Å². The Bertz CT molecular complexity index is 666. The van der Waals surface area contributed by atoms with Crippen molar-refractivity contribution in [2.24, 2.45) is 5.73 Å². The van der Waals surface area contributed by atoms with Crippen LogP contribution in [0.4, 0.5) is 5.69 Å². The van der Waals surface area contributed by atoms with Crippen molar-refractivity contribution in [3.8, 4) is 5.75 Å². The van der Waals surface area contributed by atoms with E-state index in [1.54, 1.807) is 6.07 Å². The van der Waals surface area contributed by atoms with Crippen LogP contribution in [0, 0.1) is 10.1 Å². The van der Waals surface area contributed by atoms with Crippen molar-refractivity contribution in [2.45, 2.75) is 31.9 Å². The number of nitro groups is 1. The standard InChI is InChI=1S/C13H14N4O4/c14-6-8-1-4-11(10(5-8)17(18)19)20-7-12-15-13(16-21-12)9-2-3-9/h1,4-5,9H,2-3,6-7,14H2. The van der Waals surface area contributed by atoms with Gasteiger partial charge in [-0.3, -0.25) is 10.1 Å². The Morgan fingerprint density at radius 1 is 1.48 bits per heavy atom. The largest absolute Gasteiger partial charge is 0.477 e. The first-order valence-corrected chi connectivity index (χ1v) is 6.60. The molecule has 3 rings (SSSR count). The second kappa shape index (κ2) is 5.49. The molecule has 8 nitrogen and oxygen atoms in total. The number of nitrogens with zero attached hydrogens (tertiary/aromatic N) is 3. The zero-order valence-corrected chi connectivity index (χ0v) is 11.2. The first kappa shape index (κ1) is 13.5. The molecule has 0 aliphatic heterocycles. The molecule has 0 unspecified atom stereocenters. The smallest absolute Gasteiger partial charge is 0.311 e. The minimum Gasteiger partial charge on any atom is -0.477 e. The lowest BCUT2D eigenvalue weighted by atomic mass is 10.2.